The number of nitrogens with one attached hydrogen (secondary N) is 2. The van der Waals surface area contributed by atoms with E-state index in [-0.39, 0.29) is 5.91 Å². The Hall–Kier alpha value is -2.82. The van der Waals surface area contributed by atoms with E-state index in [9.17, 15) is 9.59 Å². The molecule has 0 spiro atoms. The minimum Gasteiger partial charge on any atom is -0.478 e. The van der Waals surface area contributed by atoms with E-state index in [1.54, 1.807) is 37.3 Å². The van der Waals surface area contributed by atoms with Crippen LogP contribution in [0.15, 0.2) is 42.5 Å². The Morgan fingerprint density at radius 3 is 2.05 bits per heavy atom. The predicted octanol–water partition coefficient (Wildman–Crippen LogP) is 3.40. The number of amides is 1. The summed E-state index contributed by atoms with van der Waals surface area (Å²) < 4.78 is 0. The molecule has 0 unspecified atom stereocenters. The summed E-state index contributed by atoms with van der Waals surface area (Å²) in [6.45, 7) is 3.22. The third-order valence-electron chi connectivity index (χ3n) is 2.95. The Balaban J connectivity index is 2.13. The van der Waals surface area contributed by atoms with Gasteiger partial charge >= 0.3 is 5.97 Å². The molecule has 3 N–H and O–H groups in total. The fraction of sp³-hybridized carbons (Fsp3) is 0.125. The van der Waals surface area contributed by atoms with Gasteiger partial charge in [-0.05, 0) is 55.0 Å². The number of anilines is 3. The van der Waals surface area contributed by atoms with Crippen LogP contribution in [0.3, 0.4) is 0 Å². The average Bonchev–Trinajstić information content (AvgIpc) is 2.40. The minimum absolute atomic E-state index is 0.115. The monoisotopic (exact) mass is 284 g/mol. The Morgan fingerprint density at radius 1 is 0.952 bits per heavy atom. The largest absolute Gasteiger partial charge is 0.478 e. The molecule has 108 valence electrons. The van der Waals surface area contributed by atoms with Gasteiger partial charge in [0.15, 0.2) is 0 Å². The number of hydrogen-bond donors (Lipinski definition) is 3. The lowest BCUT2D eigenvalue weighted by atomic mass is 10.1. The molecular formula is C16H16N2O3. The Kier molecular flexibility index (Phi) is 4.23. The second-order valence-corrected chi connectivity index (χ2v) is 4.72. The molecule has 2 rings (SSSR count). The van der Waals surface area contributed by atoms with Gasteiger partial charge in [0.25, 0.3) is 0 Å². The van der Waals surface area contributed by atoms with Gasteiger partial charge in [-0.1, -0.05) is 0 Å². The lowest BCUT2D eigenvalue weighted by Crippen LogP contribution is -2.05. The number of aromatic carboxylic acids is 1. The smallest absolute Gasteiger partial charge is 0.335 e. The number of carbonyl (C=O) groups is 2. The van der Waals surface area contributed by atoms with E-state index >= 15 is 0 Å². The SMILES string of the molecule is CC(=O)Nc1ccc(Nc2ccc(C(=O)O)c(C)c2)cc1. The predicted molar refractivity (Wildman–Crippen MR) is 82.2 cm³/mol. The molecule has 21 heavy (non-hydrogen) atoms. The molecular weight excluding hydrogens is 268 g/mol. The summed E-state index contributed by atoms with van der Waals surface area (Å²) in [4.78, 5) is 21.9. The molecule has 0 atom stereocenters. The summed E-state index contributed by atoms with van der Waals surface area (Å²) in [5, 5.41) is 14.9. The van der Waals surface area contributed by atoms with Gasteiger partial charge in [0.05, 0.1) is 5.56 Å². The van der Waals surface area contributed by atoms with Crippen molar-refractivity contribution in [3.05, 3.63) is 53.6 Å². The van der Waals surface area contributed by atoms with Crippen molar-refractivity contribution in [2.45, 2.75) is 13.8 Å². The van der Waals surface area contributed by atoms with Crippen LogP contribution in [0, 0.1) is 6.92 Å². The van der Waals surface area contributed by atoms with Gasteiger partial charge in [-0.15, -0.1) is 0 Å². The number of carbonyl (C=O) groups excluding carboxylic acids is 1. The van der Waals surface area contributed by atoms with Gasteiger partial charge in [0.2, 0.25) is 5.91 Å². The molecule has 0 radical (unpaired) electrons. The van der Waals surface area contributed by atoms with Crippen LogP contribution in [0.25, 0.3) is 0 Å². The quantitative estimate of drug-likeness (QED) is 0.804. The van der Waals surface area contributed by atoms with Gasteiger partial charge < -0.3 is 15.7 Å². The van der Waals surface area contributed by atoms with E-state index in [4.69, 9.17) is 5.11 Å². The first kappa shape index (κ1) is 14.6. The molecule has 0 saturated heterocycles. The Bertz CT molecular complexity index is 678. The molecule has 5 nitrogen and oxygen atoms in total. The number of carboxylic acids is 1. The second kappa shape index (κ2) is 6.09. The molecule has 0 aliphatic rings. The molecule has 2 aromatic rings. The molecule has 5 heteroatoms. The lowest BCUT2D eigenvalue weighted by Gasteiger charge is -2.10. The van der Waals surface area contributed by atoms with E-state index in [0.717, 1.165) is 17.1 Å². The van der Waals surface area contributed by atoms with Crippen LogP contribution in [-0.4, -0.2) is 17.0 Å². The van der Waals surface area contributed by atoms with Gasteiger partial charge in [-0.25, -0.2) is 4.79 Å². The number of rotatable bonds is 4. The van der Waals surface area contributed by atoms with Crippen molar-refractivity contribution in [2.75, 3.05) is 10.6 Å². The normalized spacial score (nSPS) is 10.0. The zero-order chi connectivity index (χ0) is 15.4. The summed E-state index contributed by atoms with van der Waals surface area (Å²) in [7, 11) is 0. The van der Waals surface area contributed by atoms with Gasteiger partial charge in [-0.3, -0.25) is 4.79 Å². The number of carboxylic acid groups (broad SMARTS) is 1. The standard InChI is InChI=1S/C16H16N2O3/c1-10-9-14(7-8-15(10)16(20)21)18-13-5-3-12(4-6-13)17-11(2)19/h3-9,18H,1-2H3,(H,17,19)(H,20,21). The molecule has 0 aromatic heterocycles. The van der Waals surface area contributed by atoms with Crippen molar-refractivity contribution in [1.29, 1.82) is 0 Å². The molecule has 0 fully saturated rings. The van der Waals surface area contributed by atoms with Crippen LogP contribution >= 0.6 is 0 Å². The van der Waals surface area contributed by atoms with Crippen LogP contribution in [0.4, 0.5) is 17.1 Å². The van der Waals surface area contributed by atoms with E-state index in [0.29, 0.717) is 11.1 Å². The third-order valence-corrected chi connectivity index (χ3v) is 2.95. The van der Waals surface area contributed by atoms with Gasteiger partial charge in [0.1, 0.15) is 0 Å². The minimum atomic E-state index is -0.932. The number of hydrogen-bond acceptors (Lipinski definition) is 3. The van der Waals surface area contributed by atoms with E-state index in [1.165, 1.54) is 6.92 Å². The zero-order valence-electron chi connectivity index (χ0n) is 11.8. The summed E-state index contributed by atoms with van der Waals surface area (Å²) >= 11 is 0. The first-order chi connectivity index (χ1) is 9.95. The van der Waals surface area contributed by atoms with Crippen molar-refractivity contribution in [2.24, 2.45) is 0 Å². The van der Waals surface area contributed by atoms with Crippen molar-refractivity contribution in [1.82, 2.24) is 0 Å². The van der Waals surface area contributed by atoms with E-state index in [1.807, 2.05) is 12.1 Å². The van der Waals surface area contributed by atoms with Crippen LogP contribution in [0.5, 0.6) is 0 Å². The molecule has 1 amide bonds. The van der Waals surface area contributed by atoms with Crippen LogP contribution in [0.1, 0.15) is 22.8 Å². The summed E-state index contributed by atoms with van der Waals surface area (Å²) in [6.07, 6.45) is 0. The molecule has 0 aliphatic heterocycles. The maximum absolute atomic E-state index is 11.0. The van der Waals surface area contributed by atoms with Crippen molar-refractivity contribution in [3.8, 4) is 0 Å². The molecule has 0 bridgehead atoms. The summed E-state index contributed by atoms with van der Waals surface area (Å²) in [5.41, 5.74) is 3.38. The maximum Gasteiger partial charge on any atom is 0.335 e. The van der Waals surface area contributed by atoms with Crippen molar-refractivity contribution in [3.63, 3.8) is 0 Å². The lowest BCUT2D eigenvalue weighted by molar-refractivity contribution is -0.114. The fourth-order valence-corrected chi connectivity index (χ4v) is 1.99. The zero-order valence-corrected chi connectivity index (χ0v) is 11.8. The molecule has 0 saturated carbocycles. The topological polar surface area (TPSA) is 78.4 Å². The highest BCUT2D eigenvalue weighted by molar-refractivity contribution is 5.90. The maximum atomic E-state index is 11.0. The highest BCUT2D eigenvalue weighted by Crippen LogP contribution is 2.21. The molecule has 0 aliphatic carbocycles. The van der Waals surface area contributed by atoms with Crippen molar-refractivity contribution >= 4 is 28.9 Å². The van der Waals surface area contributed by atoms with E-state index < -0.39 is 5.97 Å². The first-order valence-corrected chi connectivity index (χ1v) is 6.44. The molecule has 0 heterocycles. The third kappa shape index (κ3) is 3.82. The van der Waals surface area contributed by atoms with Crippen molar-refractivity contribution < 1.29 is 14.7 Å². The average molecular weight is 284 g/mol. The van der Waals surface area contributed by atoms with Crippen LogP contribution in [-0.2, 0) is 4.79 Å². The van der Waals surface area contributed by atoms with Crippen LogP contribution in [0.2, 0.25) is 0 Å². The van der Waals surface area contributed by atoms with E-state index in [2.05, 4.69) is 10.6 Å². The first-order valence-electron chi connectivity index (χ1n) is 6.44. The highest BCUT2D eigenvalue weighted by Gasteiger charge is 2.07. The number of aryl methyl sites for hydroxylation is 1. The van der Waals surface area contributed by atoms with Gasteiger partial charge in [0, 0.05) is 24.0 Å². The summed E-state index contributed by atoms with van der Waals surface area (Å²) in [6, 6.07) is 12.3. The van der Waals surface area contributed by atoms with Crippen LogP contribution < -0.4 is 10.6 Å². The molecule has 2 aromatic carbocycles. The highest BCUT2D eigenvalue weighted by atomic mass is 16.4. The number of benzene rings is 2. The fourth-order valence-electron chi connectivity index (χ4n) is 1.99. The Morgan fingerprint density at radius 2 is 1.52 bits per heavy atom. The second-order valence-electron chi connectivity index (χ2n) is 4.72. The summed E-state index contributed by atoms with van der Waals surface area (Å²) in [5.74, 6) is -1.05. The Labute approximate surface area is 122 Å². The van der Waals surface area contributed by atoms with Gasteiger partial charge in [-0.2, -0.15) is 0 Å².